The van der Waals surface area contributed by atoms with E-state index in [0.29, 0.717) is 5.41 Å². The van der Waals surface area contributed by atoms with E-state index in [4.69, 9.17) is 9.47 Å². The molecule has 2 saturated heterocycles. The molecular formula is C32H59NO2. The van der Waals surface area contributed by atoms with E-state index in [2.05, 4.69) is 5.32 Å². The summed E-state index contributed by atoms with van der Waals surface area (Å²) in [5.74, 6) is 1.79. The lowest BCUT2D eigenvalue weighted by Gasteiger charge is -2.50. The maximum Gasteiger partial charge on any atom is 0.0942 e. The first kappa shape index (κ1) is 27.9. The average Bonchev–Trinajstić information content (AvgIpc) is 3.29. The Bertz CT molecular complexity index is 538. The van der Waals surface area contributed by atoms with E-state index in [0.717, 1.165) is 38.1 Å². The lowest BCUT2D eigenvalue weighted by Crippen LogP contribution is -2.50. The third-order valence-corrected chi connectivity index (χ3v) is 10.4. The van der Waals surface area contributed by atoms with Crippen molar-refractivity contribution in [1.82, 2.24) is 5.32 Å². The second-order valence-electron chi connectivity index (χ2n) is 13.1. The number of rotatable bonds is 6. The Morgan fingerprint density at radius 1 is 0.629 bits per heavy atom. The van der Waals surface area contributed by atoms with E-state index in [-0.39, 0.29) is 5.60 Å². The maximum absolute atomic E-state index is 6.50. The van der Waals surface area contributed by atoms with Gasteiger partial charge in [-0.2, -0.15) is 0 Å². The second kappa shape index (κ2) is 15.3. The lowest BCUT2D eigenvalue weighted by molar-refractivity contribution is -0.145. The predicted octanol–water partition coefficient (Wildman–Crippen LogP) is 8.59. The quantitative estimate of drug-likeness (QED) is 0.379. The lowest BCUT2D eigenvalue weighted by atomic mass is 9.60. The normalized spacial score (nSPS) is 33.9. The molecule has 4 fully saturated rings. The van der Waals surface area contributed by atoms with Crippen LogP contribution >= 0.6 is 0 Å². The molecule has 2 saturated carbocycles. The highest BCUT2D eigenvalue weighted by molar-refractivity contribution is 5.00. The summed E-state index contributed by atoms with van der Waals surface area (Å²) in [5.41, 5.74) is 0.490. The van der Waals surface area contributed by atoms with Gasteiger partial charge in [-0.15, -0.1) is 0 Å². The molecular weight excluding hydrogens is 430 g/mol. The molecule has 3 nitrogen and oxygen atoms in total. The van der Waals surface area contributed by atoms with Crippen molar-refractivity contribution in [3.8, 4) is 0 Å². The molecule has 2 unspecified atom stereocenters. The molecule has 1 spiro atoms. The molecule has 2 heterocycles. The van der Waals surface area contributed by atoms with Crippen LogP contribution in [0.25, 0.3) is 0 Å². The zero-order valence-electron chi connectivity index (χ0n) is 23.3. The van der Waals surface area contributed by atoms with Crippen LogP contribution in [0.4, 0.5) is 0 Å². The summed E-state index contributed by atoms with van der Waals surface area (Å²) >= 11 is 0. The van der Waals surface area contributed by atoms with Crippen LogP contribution < -0.4 is 5.32 Å². The number of nitrogens with one attached hydrogen (secondary N) is 1. The summed E-state index contributed by atoms with van der Waals surface area (Å²) in [7, 11) is 0. The zero-order chi connectivity index (χ0) is 24.1. The van der Waals surface area contributed by atoms with Crippen molar-refractivity contribution in [1.29, 1.82) is 0 Å². The molecule has 4 aliphatic rings. The van der Waals surface area contributed by atoms with Crippen LogP contribution in [0.15, 0.2) is 0 Å². The largest absolute Gasteiger partial charge is 0.378 e. The van der Waals surface area contributed by atoms with E-state index in [9.17, 15) is 0 Å². The van der Waals surface area contributed by atoms with Crippen molar-refractivity contribution in [2.75, 3.05) is 32.9 Å². The van der Waals surface area contributed by atoms with Gasteiger partial charge in [-0.05, 0) is 75.3 Å². The van der Waals surface area contributed by atoms with Gasteiger partial charge in [0.25, 0.3) is 0 Å². The van der Waals surface area contributed by atoms with Gasteiger partial charge in [-0.3, -0.25) is 0 Å². The smallest absolute Gasteiger partial charge is 0.0942 e. The first-order valence-corrected chi connectivity index (χ1v) is 16.2. The van der Waals surface area contributed by atoms with Crippen molar-refractivity contribution in [2.24, 2.45) is 17.3 Å². The van der Waals surface area contributed by atoms with Crippen LogP contribution in [0.3, 0.4) is 0 Å². The summed E-state index contributed by atoms with van der Waals surface area (Å²) in [5, 5.41) is 4.02. The number of hydrogen-bond donors (Lipinski definition) is 1. The van der Waals surface area contributed by atoms with Crippen LogP contribution in [0, 0.1) is 17.3 Å². The summed E-state index contributed by atoms with van der Waals surface area (Å²) in [6.07, 6.45) is 32.8. The van der Waals surface area contributed by atoms with Gasteiger partial charge in [0, 0.05) is 19.6 Å². The van der Waals surface area contributed by atoms with E-state index >= 15 is 0 Å². The molecule has 35 heavy (non-hydrogen) atoms. The fourth-order valence-electron chi connectivity index (χ4n) is 8.20. The molecule has 1 N–H and O–H groups in total. The van der Waals surface area contributed by atoms with Crippen molar-refractivity contribution < 1.29 is 9.47 Å². The molecule has 2 aliphatic carbocycles. The van der Waals surface area contributed by atoms with Crippen molar-refractivity contribution in [2.45, 2.75) is 153 Å². The molecule has 0 amide bonds. The van der Waals surface area contributed by atoms with Crippen LogP contribution in [0.2, 0.25) is 0 Å². The Labute approximate surface area is 218 Å². The SMILES string of the molecule is C1CCCCC(CNCCC2(C3CCCCCCCCCC3)CCOC3(CCOC3)C2)CCCC1. The first-order valence-electron chi connectivity index (χ1n) is 16.2. The standard InChI is InChI=1S/C32H59NO2/c1-2-7-11-15-19-30(18-14-10-6-1)31(21-25-35-32(27-31)22-24-34-28-32)20-23-33-26-29-16-12-8-4-3-5-9-13-17-29/h29-30,33H,1-28H2. The van der Waals surface area contributed by atoms with E-state index < -0.39 is 0 Å². The maximum atomic E-state index is 6.50. The third kappa shape index (κ3) is 8.99. The highest BCUT2D eigenvalue weighted by atomic mass is 16.6. The van der Waals surface area contributed by atoms with Crippen molar-refractivity contribution >= 4 is 0 Å². The minimum absolute atomic E-state index is 0.0285. The van der Waals surface area contributed by atoms with Crippen molar-refractivity contribution in [3.05, 3.63) is 0 Å². The van der Waals surface area contributed by atoms with Gasteiger partial charge < -0.3 is 14.8 Å². The Morgan fingerprint density at radius 2 is 1.20 bits per heavy atom. The second-order valence-corrected chi connectivity index (χ2v) is 13.1. The topological polar surface area (TPSA) is 30.5 Å². The fourth-order valence-corrected chi connectivity index (χ4v) is 8.20. The molecule has 0 radical (unpaired) electrons. The Kier molecular flexibility index (Phi) is 12.2. The van der Waals surface area contributed by atoms with Crippen molar-refractivity contribution in [3.63, 3.8) is 0 Å². The number of ether oxygens (including phenoxy) is 2. The van der Waals surface area contributed by atoms with E-state index in [1.54, 1.807) is 0 Å². The molecule has 3 heteroatoms. The fraction of sp³-hybridized carbons (Fsp3) is 1.00. The Balaban J connectivity index is 1.36. The minimum Gasteiger partial charge on any atom is -0.378 e. The molecule has 2 atom stereocenters. The highest BCUT2D eigenvalue weighted by Crippen LogP contribution is 2.52. The minimum atomic E-state index is 0.0285. The number of hydrogen-bond acceptors (Lipinski definition) is 3. The van der Waals surface area contributed by atoms with Gasteiger partial charge in [-0.25, -0.2) is 0 Å². The summed E-state index contributed by atoms with van der Waals surface area (Å²) in [6, 6.07) is 0. The molecule has 0 aromatic heterocycles. The van der Waals surface area contributed by atoms with Crippen LogP contribution in [0.5, 0.6) is 0 Å². The Hall–Kier alpha value is -0.120. The molecule has 0 bridgehead atoms. The highest BCUT2D eigenvalue weighted by Gasteiger charge is 2.50. The van der Waals surface area contributed by atoms with Crippen LogP contribution in [-0.2, 0) is 9.47 Å². The van der Waals surface area contributed by atoms with Gasteiger partial charge in [0.15, 0.2) is 0 Å². The predicted molar refractivity (Wildman–Crippen MR) is 148 cm³/mol. The van der Waals surface area contributed by atoms with Gasteiger partial charge in [0.1, 0.15) is 0 Å². The molecule has 4 rings (SSSR count). The molecule has 204 valence electrons. The molecule has 2 aliphatic heterocycles. The molecule has 0 aromatic rings. The Morgan fingerprint density at radius 3 is 1.77 bits per heavy atom. The van der Waals surface area contributed by atoms with E-state index in [1.807, 2.05) is 0 Å². The summed E-state index contributed by atoms with van der Waals surface area (Å²) < 4.78 is 12.4. The van der Waals surface area contributed by atoms with Gasteiger partial charge in [-0.1, -0.05) is 96.3 Å². The van der Waals surface area contributed by atoms with Gasteiger partial charge in [0.05, 0.1) is 12.2 Å². The van der Waals surface area contributed by atoms with E-state index in [1.165, 1.54) is 154 Å². The third-order valence-electron chi connectivity index (χ3n) is 10.4. The van der Waals surface area contributed by atoms with Gasteiger partial charge >= 0.3 is 0 Å². The molecule has 0 aromatic carbocycles. The van der Waals surface area contributed by atoms with Crippen LogP contribution in [0.1, 0.15) is 148 Å². The average molecular weight is 490 g/mol. The summed E-state index contributed by atoms with van der Waals surface area (Å²) in [6.45, 7) is 5.18. The van der Waals surface area contributed by atoms with Gasteiger partial charge in [0.2, 0.25) is 0 Å². The van der Waals surface area contributed by atoms with Crippen LogP contribution in [-0.4, -0.2) is 38.5 Å². The zero-order valence-corrected chi connectivity index (χ0v) is 23.3. The summed E-state index contributed by atoms with van der Waals surface area (Å²) in [4.78, 5) is 0. The monoisotopic (exact) mass is 489 g/mol. The first-order chi connectivity index (χ1) is 17.3.